The van der Waals surface area contributed by atoms with Gasteiger partial charge in [0, 0.05) is 24.1 Å². The van der Waals surface area contributed by atoms with Crippen LogP contribution < -0.4 is 5.32 Å². The third kappa shape index (κ3) is 2.70. The lowest BCUT2D eigenvalue weighted by atomic mass is 10.2. The number of furan rings is 1. The van der Waals surface area contributed by atoms with Gasteiger partial charge in [-0.1, -0.05) is 11.2 Å². The zero-order valence-electron chi connectivity index (χ0n) is 12.4. The predicted octanol–water partition coefficient (Wildman–Crippen LogP) is 3.37. The highest BCUT2D eigenvalue weighted by molar-refractivity contribution is 6.03. The van der Waals surface area contributed by atoms with Gasteiger partial charge in [0.05, 0.1) is 12.0 Å². The van der Waals surface area contributed by atoms with E-state index in [0.29, 0.717) is 17.2 Å². The lowest BCUT2D eigenvalue weighted by Crippen LogP contribution is -2.12. The Bertz CT molecular complexity index is 956. The Labute approximate surface area is 136 Å². The molecule has 7 nitrogen and oxygen atoms in total. The minimum absolute atomic E-state index is 0.172. The topological polar surface area (TPSA) is 86.1 Å². The fourth-order valence-corrected chi connectivity index (χ4v) is 2.26. The summed E-state index contributed by atoms with van der Waals surface area (Å²) in [5.74, 6) is 0.548. The molecule has 0 radical (unpaired) electrons. The van der Waals surface area contributed by atoms with Crippen LogP contribution in [0.2, 0.25) is 0 Å². The molecule has 0 aliphatic heterocycles. The zero-order chi connectivity index (χ0) is 16.4. The molecule has 0 atom stereocenters. The molecule has 0 fully saturated rings. The largest absolute Gasteiger partial charge is 0.461 e. The van der Waals surface area contributed by atoms with Crippen molar-refractivity contribution in [2.45, 2.75) is 0 Å². The van der Waals surface area contributed by atoms with Gasteiger partial charge in [-0.15, -0.1) is 0 Å². The molecular weight excluding hydrogens is 308 g/mol. The van der Waals surface area contributed by atoms with Crippen LogP contribution in [0.3, 0.4) is 0 Å². The summed E-state index contributed by atoms with van der Waals surface area (Å²) in [6, 6.07) is 14.2. The van der Waals surface area contributed by atoms with Gasteiger partial charge >= 0.3 is 0 Å². The van der Waals surface area contributed by atoms with Crippen molar-refractivity contribution in [3.05, 3.63) is 72.9 Å². The molecule has 4 rings (SSSR count). The Morgan fingerprint density at radius 1 is 1.08 bits per heavy atom. The first-order valence-corrected chi connectivity index (χ1v) is 7.21. The van der Waals surface area contributed by atoms with Crippen molar-refractivity contribution >= 4 is 11.6 Å². The van der Waals surface area contributed by atoms with E-state index in [4.69, 9.17) is 8.94 Å². The van der Waals surface area contributed by atoms with Crippen LogP contribution in [-0.4, -0.2) is 20.8 Å². The number of benzene rings is 1. The highest BCUT2D eigenvalue weighted by Crippen LogP contribution is 2.21. The maximum absolute atomic E-state index is 12.3. The van der Waals surface area contributed by atoms with Crippen LogP contribution >= 0.6 is 0 Å². The van der Waals surface area contributed by atoms with Crippen LogP contribution in [0, 0.1) is 0 Å². The van der Waals surface area contributed by atoms with Crippen LogP contribution in [0.15, 0.2) is 76.1 Å². The summed E-state index contributed by atoms with van der Waals surface area (Å²) >= 11 is 0. The highest BCUT2D eigenvalue weighted by atomic mass is 16.5. The van der Waals surface area contributed by atoms with Gasteiger partial charge in [0.1, 0.15) is 0 Å². The van der Waals surface area contributed by atoms with E-state index in [-0.39, 0.29) is 11.6 Å². The molecule has 0 unspecified atom stereocenters. The van der Waals surface area contributed by atoms with Gasteiger partial charge in [0.2, 0.25) is 5.76 Å². The lowest BCUT2D eigenvalue weighted by Gasteiger charge is -2.06. The first kappa shape index (κ1) is 14.0. The Kier molecular flexibility index (Phi) is 3.43. The molecular formula is C17H12N4O3. The van der Waals surface area contributed by atoms with Crippen molar-refractivity contribution in [1.29, 1.82) is 0 Å². The minimum atomic E-state index is -0.367. The molecule has 0 aliphatic carbocycles. The molecule has 0 saturated heterocycles. The third-order valence-electron chi connectivity index (χ3n) is 3.38. The van der Waals surface area contributed by atoms with Gasteiger partial charge in [-0.2, -0.15) is 5.10 Å². The molecule has 1 amide bonds. The number of carbonyl (C=O) groups is 1. The number of anilines is 1. The Morgan fingerprint density at radius 3 is 2.83 bits per heavy atom. The van der Waals surface area contributed by atoms with Crippen molar-refractivity contribution in [3.8, 4) is 17.2 Å². The number of hydrogen-bond acceptors (Lipinski definition) is 5. The molecule has 3 heterocycles. The molecule has 1 N–H and O–H groups in total. The number of amides is 1. The normalized spacial score (nSPS) is 10.7. The summed E-state index contributed by atoms with van der Waals surface area (Å²) in [6.45, 7) is 0. The number of rotatable bonds is 4. The van der Waals surface area contributed by atoms with Gasteiger partial charge in [-0.3, -0.25) is 4.79 Å². The Morgan fingerprint density at radius 2 is 2.04 bits per heavy atom. The Hall–Kier alpha value is -3.61. The summed E-state index contributed by atoms with van der Waals surface area (Å²) < 4.78 is 12.1. The van der Waals surface area contributed by atoms with Crippen molar-refractivity contribution in [1.82, 2.24) is 14.9 Å². The number of nitrogens with zero attached hydrogens (tertiary/aromatic N) is 3. The van der Waals surface area contributed by atoms with E-state index in [1.807, 2.05) is 30.5 Å². The molecule has 0 bridgehead atoms. The van der Waals surface area contributed by atoms with Gasteiger partial charge in [0.25, 0.3) is 5.91 Å². The van der Waals surface area contributed by atoms with E-state index in [2.05, 4.69) is 15.6 Å². The summed E-state index contributed by atoms with van der Waals surface area (Å²) in [5, 5.41) is 10.7. The van der Waals surface area contributed by atoms with E-state index in [1.54, 1.807) is 29.1 Å². The third-order valence-corrected chi connectivity index (χ3v) is 3.38. The molecule has 3 aromatic heterocycles. The lowest BCUT2D eigenvalue weighted by molar-refractivity contribution is 0.101. The van der Waals surface area contributed by atoms with Crippen LogP contribution in [0.4, 0.5) is 5.69 Å². The standard InChI is InChI=1S/C17H12N4O3/c22-17(14-11-16(24-20-14)15-6-2-9-23-15)19-12-4-1-5-13(10-12)21-8-3-7-18-21/h1-11H,(H,19,22). The average molecular weight is 320 g/mol. The molecule has 4 aromatic rings. The van der Waals surface area contributed by atoms with E-state index in [9.17, 15) is 4.79 Å². The first-order valence-electron chi connectivity index (χ1n) is 7.21. The Balaban J connectivity index is 1.53. The van der Waals surface area contributed by atoms with Crippen molar-refractivity contribution in [2.24, 2.45) is 0 Å². The maximum Gasteiger partial charge on any atom is 0.277 e. The van der Waals surface area contributed by atoms with Crippen LogP contribution in [-0.2, 0) is 0 Å². The van der Waals surface area contributed by atoms with Crippen LogP contribution in [0.5, 0.6) is 0 Å². The van der Waals surface area contributed by atoms with Crippen molar-refractivity contribution in [2.75, 3.05) is 5.32 Å². The van der Waals surface area contributed by atoms with Gasteiger partial charge < -0.3 is 14.3 Å². The SMILES string of the molecule is O=C(Nc1cccc(-n2cccn2)c1)c1cc(-c2ccco2)on1. The van der Waals surface area contributed by atoms with E-state index >= 15 is 0 Å². The summed E-state index contributed by atoms with van der Waals surface area (Å²) in [5.41, 5.74) is 1.65. The summed E-state index contributed by atoms with van der Waals surface area (Å²) in [6.07, 6.45) is 5.05. The molecule has 7 heteroatoms. The molecule has 0 spiro atoms. The maximum atomic E-state index is 12.3. The van der Waals surface area contributed by atoms with Gasteiger partial charge in [-0.05, 0) is 36.4 Å². The second kappa shape index (κ2) is 5.88. The van der Waals surface area contributed by atoms with Gasteiger partial charge in [0.15, 0.2) is 11.5 Å². The average Bonchev–Trinajstić information content (AvgIpc) is 3.36. The number of hydrogen-bond donors (Lipinski definition) is 1. The molecule has 24 heavy (non-hydrogen) atoms. The molecule has 0 saturated carbocycles. The second-order valence-electron chi connectivity index (χ2n) is 5.01. The summed E-state index contributed by atoms with van der Waals surface area (Å²) in [7, 11) is 0. The van der Waals surface area contributed by atoms with Crippen molar-refractivity contribution in [3.63, 3.8) is 0 Å². The fraction of sp³-hybridized carbons (Fsp3) is 0. The molecule has 1 aromatic carbocycles. The zero-order valence-corrected chi connectivity index (χ0v) is 12.4. The second-order valence-corrected chi connectivity index (χ2v) is 5.01. The number of carbonyl (C=O) groups excluding carboxylic acids is 1. The number of nitrogens with one attached hydrogen (secondary N) is 1. The van der Waals surface area contributed by atoms with E-state index in [1.165, 1.54) is 12.3 Å². The smallest absolute Gasteiger partial charge is 0.277 e. The quantitative estimate of drug-likeness (QED) is 0.623. The van der Waals surface area contributed by atoms with E-state index in [0.717, 1.165) is 5.69 Å². The van der Waals surface area contributed by atoms with E-state index < -0.39 is 0 Å². The highest BCUT2D eigenvalue weighted by Gasteiger charge is 2.15. The number of aromatic nitrogens is 3. The molecule has 118 valence electrons. The van der Waals surface area contributed by atoms with Crippen molar-refractivity contribution < 1.29 is 13.7 Å². The van der Waals surface area contributed by atoms with Crippen LogP contribution in [0.25, 0.3) is 17.2 Å². The van der Waals surface area contributed by atoms with Gasteiger partial charge in [-0.25, -0.2) is 4.68 Å². The minimum Gasteiger partial charge on any atom is -0.461 e. The molecule has 0 aliphatic rings. The first-order chi connectivity index (χ1) is 11.8. The van der Waals surface area contributed by atoms with Crippen LogP contribution in [0.1, 0.15) is 10.5 Å². The monoisotopic (exact) mass is 320 g/mol. The predicted molar refractivity (Wildman–Crippen MR) is 85.7 cm³/mol. The summed E-state index contributed by atoms with van der Waals surface area (Å²) in [4.78, 5) is 12.3. The fourth-order valence-electron chi connectivity index (χ4n) is 2.26.